The van der Waals surface area contributed by atoms with Gasteiger partial charge < -0.3 is 23.9 Å². The Balaban J connectivity index is 0.939. The topological polar surface area (TPSA) is 30.1 Å². The molecule has 12 aromatic carbocycles. The molecule has 21 rings (SSSR count). The summed E-state index contributed by atoms with van der Waals surface area (Å²) in [5, 5.41) is 10.8. The Hall–Kier alpha value is -11.3. The van der Waals surface area contributed by atoms with Gasteiger partial charge in [-0.2, -0.15) is 0 Å². The molecular weight excluding hydrogens is 1330 g/mol. The highest BCUT2D eigenvalue weighted by molar-refractivity contribution is 7.00. The molecule has 0 radical (unpaired) electrons. The minimum absolute atomic E-state index is 0.0643. The van der Waals surface area contributed by atoms with Crippen LogP contribution in [0.25, 0.3) is 121 Å². The summed E-state index contributed by atoms with van der Waals surface area (Å²) in [5.41, 5.74) is 35.0. The highest BCUT2D eigenvalue weighted by atomic mass is 15.2. The molecule has 7 heterocycles. The van der Waals surface area contributed by atoms with Crippen LogP contribution < -0.4 is 26.6 Å². The van der Waals surface area contributed by atoms with Crippen molar-refractivity contribution < 1.29 is 6.85 Å². The summed E-state index contributed by atoms with van der Waals surface area (Å²) in [7, 11) is 0. The third kappa shape index (κ3) is 9.79. The van der Waals surface area contributed by atoms with E-state index in [9.17, 15) is 5.48 Å². The molecule has 6 heteroatoms. The Kier molecular flexibility index (Phi) is 12.9. The number of fused-ring (bicyclic) bond motifs is 23. The van der Waals surface area contributed by atoms with Crippen molar-refractivity contribution in [2.75, 3.05) is 10.2 Å². The molecule has 0 bridgehead atoms. The standard InChI is InChI=1S/C104H94BN5/c1-100(2,3)63-30-25-29-61(49-63)77-52-64(101(4,5)6)39-44-86(77)106-68-43-48-91-81(56-68)83-57-69(107-88-45-40-65(102(7,8)9)53-78(88)79-54-66(103(10,11)12)41-46-89(79)107)58-85-98(83)110(91)99-94-76-37-26-36-75-73-34-22-20-32-71(73)70-31-19-21-33-72(70)74-35-23-24-38-87(74)108(96(75)76)92(94)59-93-95(99)105(85)84-51-62(60-27-17-16-18-28-60)50-82-80-55-67(104(13,14)15)42-47-90(80)109(93)97(82)84/h16-21,23-33,35-59,76,96,106H,22,34H2,1-15H3/i16D,17D,18D,27D,28D. The van der Waals surface area contributed by atoms with Crippen LogP contribution in [0.3, 0.4) is 0 Å². The molecule has 110 heavy (non-hydrogen) atoms. The van der Waals surface area contributed by atoms with E-state index >= 15 is 0 Å². The zero-order valence-electron chi connectivity index (χ0n) is 70.8. The van der Waals surface area contributed by atoms with E-state index in [2.05, 4.69) is 352 Å². The van der Waals surface area contributed by atoms with Crippen LogP contribution in [0.2, 0.25) is 0 Å². The van der Waals surface area contributed by atoms with Crippen molar-refractivity contribution in [3.63, 3.8) is 0 Å². The van der Waals surface area contributed by atoms with Gasteiger partial charge in [0.15, 0.2) is 0 Å². The van der Waals surface area contributed by atoms with Crippen LogP contribution in [0.5, 0.6) is 0 Å². The van der Waals surface area contributed by atoms with Crippen LogP contribution in [0.1, 0.15) is 168 Å². The molecule has 2 unspecified atom stereocenters. The predicted octanol–water partition coefficient (Wildman–Crippen LogP) is 25.6. The van der Waals surface area contributed by atoms with Crippen LogP contribution in [-0.2, 0) is 27.1 Å². The summed E-state index contributed by atoms with van der Waals surface area (Å²) in [5.74, 6) is -0.145. The number of allylic oxidation sites excluding steroid dienone is 5. The van der Waals surface area contributed by atoms with Crippen molar-refractivity contribution in [1.29, 1.82) is 0 Å². The number of nitrogens with one attached hydrogen (secondary N) is 1. The Bertz CT molecular complexity index is 6950. The lowest BCUT2D eigenvalue weighted by Gasteiger charge is -2.36. The number of nitrogens with zero attached hydrogens (tertiary/aromatic N) is 4. The van der Waals surface area contributed by atoms with Crippen LogP contribution in [0, 0.1) is 0 Å². The Labute approximate surface area is 654 Å². The smallest absolute Gasteiger partial charge is 0.252 e. The minimum Gasteiger partial charge on any atom is -0.355 e. The number of para-hydroxylation sites is 1. The van der Waals surface area contributed by atoms with E-state index in [0.717, 1.165) is 135 Å². The van der Waals surface area contributed by atoms with Gasteiger partial charge >= 0.3 is 0 Å². The fourth-order valence-electron chi connectivity index (χ4n) is 19.8. The van der Waals surface area contributed by atoms with Gasteiger partial charge in [0.05, 0.1) is 35.0 Å². The molecule has 0 spiro atoms. The molecule has 3 aromatic heterocycles. The summed E-state index contributed by atoms with van der Waals surface area (Å²) >= 11 is 0. The fraction of sp³-hybridized carbons (Fsp3) is 0.231. The Morgan fingerprint density at radius 3 is 1.70 bits per heavy atom. The van der Waals surface area contributed by atoms with Crippen molar-refractivity contribution in [3.05, 3.63) is 305 Å². The molecule has 6 aliphatic rings. The zero-order chi connectivity index (χ0) is 79.7. The van der Waals surface area contributed by atoms with E-state index in [-0.39, 0.29) is 68.8 Å². The summed E-state index contributed by atoms with van der Waals surface area (Å²) in [6, 6.07) is 73.0. The number of benzene rings is 12. The van der Waals surface area contributed by atoms with Crippen LogP contribution in [0.15, 0.2) is 266 Å². The van der Waals surface area contributed by atoms with Gasteiger partial charge in [0.2, 0.25) is 0 Å². The highest BCUT2D eigenvalue weighted by Crippen LogP contribution is 2.59. The van der Waals surface area contributed by atoms with Gasteiger partial charge in [0.25, 0.3) is 6.71 Å². The van der Waals surface area contributed by atoms with Crippen LogP contribution >= 0.6 is 0 Å². The normalized spacial score (nSPS) is 17.0. The summed E-state index contributed by atoms with van der Waals surface area (Å²) in [6.07, 6.45) is 13.9. The largest absolute Gasteiger partial charge is 0.355 e. The van der Waals surface area contributed by atoms with Gasteiger partial charge in [-0.15, -0.1) is 0 Å². The molecule has 1 N–H and O–H groups in total. The van der Waals surface area contributed by atoms with Crippen molar-refractivity contribution in [3.8, 4) is 50.4 Å². The minimum atomic E-state index is -0.481. The number of hydrogen-bond acceptors (Lipinski definition) is 2. The van der Waals surface area contributed by atoms with E-state index in [1.807, 2.05) is 0 Å². The lowest BCUT2D eigenvalue weighted by molar-refractivity contribution is 0.589. The highest BCUT2D eigenvalue weighted by Gasteiger charge is 2.51. The third-order valence-corrected chi connectivity index (χ3v) is 25.4. The number of rotatable bonds is 5. The summed E-state index contributed by atoms with van der Waals surface area (Å²) in [4.78, 5) is 2.75. The van der Waals surface area contributed by atoms with E-state index in [4.69, 9.17) is 1.37 Å². The maximum absolute atomic E-state index is 9.87. The van der Waals surface area contributed by atoms with Gasteiger partial charge in [-0.25, -0.2) is 0 Å². The molecule has 0 fully saturated rings. The van der Waals surface area contributed by atoms with Gasteiger partial charge in [0, 0.05) is 106 Å². The first-order chi connectivity index (χ1) is 54.8. The first-order valence-corrected chi connectivity index (χ1v) is 39.7. The first-order valence-electron chi connectivity index (χ1n) is 42.2. The zero-order valence-corrected chi connectivity index (χ0v) is 65.8. The number of anilines is 4. The van der Waals surface area contributed by atoms with Crippen LogP contribution in [-0.4, -0.2) is 26.5 Å². The van der Waals surface area contributed by atoms with Crippen LogP contribution in [0.4, 0.5) is 22.7 Å². The average Bonchev–Trinajstić information content (AvgIpc) is 1.51. The molecule has 2 atom stereocenters. The Morgan fingerprint density at radius 1 is 0.436 bits per heavy atom. The van der Waals surface area contributed by atoms with Crippen molar-refractivity contribution in [2.24, 2.45) is 0 Å². The first kappa shape index (κ1) is 61.5. The van der Waals surface area contributed by atoms with Gasteiger partial charge in [-0.05, 0) is 226 Å². The molecule has 538 valence electrons. The third-order valence-electron chi connectivity index (χ3n) is 25.4. The predicted molar refractivity (Wildman–Crippen MR) is 471 cm³/mol. The van der Waals surface area contributed by atoms with Gasteiger partial charge in [-0.1, -0.05) is 262 Å². The van der Waals surface area contributed by atoms with E-state index < -0.39 is 12.8 Å². The second-order valence-corrected chi connectivity index (χ2v) is 37.3. The molecule has 2 aliphatic carbocycles. The SMILES string of the molecule is [2H]c1c([2H])c([2H])c(-c2cc3c4c(c2)c2cc(C(C)(C)C)ccc2n4-c2cc4c(c5c2B3c2cc(-n3c6ccc(C(C)(C)C)cc6c6cc(C(C)(C)C)ccc63)cc3c6cc(Nc7ccc(C(C)(C)C)cc7-c7cccc(C(C)(C)C)c7)ccc6n-5c23)C2C=CC=C3C5=C(C=CCC5)c5ccccc5-c5ccccc5N4C32)c([2H])c1[2H]. The lowest BCUT2D eigenvalue weighted by atomic mass is 9.34. The molecular formula is C104H94BN5. The lowest BCUT2D eigenvalue weighted by Crippen LogP contribution is -2.59. The maximum Gasteiger partial charge on any atom is 0.252 e. The molecule has 0 amide bonds. The number of hydrogen-bond donors (Lipinski definition) is 1. The van der Waals surface area contributed by atoms with Gasteiger partial charge in [-0.3, -0.25) is 0 Å². The average molecular weight is 1430 g/mol. The Morgan fingerprint density at radius 2 is 1.01 bits per heavy atom. The van der Waals surface area contributed by atoms with Gasteiger partial charge in [0.1, 0.15) is 0 Å². The van der Waals surface area contributed by atoms with Crippen molar-refractivity contribution in [1.82, 2.24) is 13.7 Å². The van der Waals surface area contributed by atoms with E-state index in [1.54, 1.807) is 0 Å². The number of aromatic nitrogens is 3. The molecule has 0 saturated carbocycles. The molecule has 15 aromatic rings. The molecule has 4 aliphatic heterocycles. The van der Waals surface area contributed by atoms with Crippen molar-refractivity contribution >= 4 is 117 Å². The molecule has 0 saturated heterocycles. The maximum atomic E-state index is 9.87. The quantitative estimate of drug-likeness (QED) is 0.174. The van der Waals surface area contributed by atoms with E-state index in [0.29, 0.717) is 5.56 Å². The van der Waals surface area contributed by atoms with E-state index in [1.165, 1.54) is 77.6 Å². The monoisotopic (exact) mass is 1430 g/mol. The second-order valence-electron chi connectivity index (χ2n) is 37.3. The fourth-order valence-corrected chi connectivity index (χ4v) is 19.8. The second kappa shape index (κ2) is 23.1. The molecule has 5 nitrogen and oxygen atoms in total. The van der Waals surface area contributed by atoms with Crippen molar-refractivity contribution in [2.45, 2.75) is 156 Å². The summed E-state index contributed by atoms with van der Waals surface area (Å²) in [6.45, 7) is 34.0. The summed E-state index contributed by atoms with van der Waals surface area (Å²) < 4.78 is 55.1.